The third kappa shape index (κ3) is 3.86. The predicted molar refractivity (Wildman–Crippen MR) is 131 cm³/mol. The molecule has 3 aromatic carbocycles. The van der Waals surface area contributed by atoms with Crippen molar-refractivity contribution in [2.75, 3.05) is 5.32 Å². The number of nitrogens with zero attached hydrogens (tertiary/aromatic N) is 4. The number of alkyl halides is 3. The van der Waals surface area contributed by atoms with Crippen molar-refractivity contribution < 1.29 is 13.2 Å². The Morgan fingerprint density at radius 2 is 1.60 bits per heavy atom. The van der Waals surface area contributed by atoms with Crippen molar-refractivity contribution in [1.82, 2.24) is 19.7 Å². The fourth-order valence-electron chi connectivity index (χ4n) is 4.17. The molecule has 174 valence electrons. The molecule has 0 saturated carbocycles. The van der Waals surface area contributed by atoms with Crippen LogP contribution in [0.25, 0.3) is 21.5 Å². The van der Waals surface area contributed by atoms with E-state index < -0.39 is 18.0 Å². The van der Waals surface area contributed by atoms with Crippen molar-refractivity contribution in [2.24, 2.45) is 0 Å². The lowest BCUT2D eigenvalue weighted by molar-refractivity contribution is -0.145. The second kappa shape index (κ2) is 8.21. The molecule has 5 nitrogen and oxygen atoms in total. The Kier molecular flexibility index (Phi) is 5.12. The van der Waals surface area contributed by atoms with Gasteiger partial charge in [0.05, 0.1) is 15.9 Å². The highest BCUT2D eigenvalue weighted by atomic mass is 35.5. The number of para-hydroxylation sites is 1. The number of hydrogen-bond acceptors (Lipinski definition) is 5. The van der Waals surface area contributed by atoms with E-state index in [1.165, 1.54) is 16.0 Å². The van der Waals surface area contributed by atoms with Crippen LogP contribution in [0.2, 0.25) is 5.02 Å². The molecule has 0 spiro atoms. The summed E-state index contributed by atoms with van der Waals surface area (Å²) in [4.78, 5) is 8.59. The summed E-state index contributed by atoms with van der Waals surface area (Å²) in [5, 5.41) is 8.17. The number of allylic oxidation sites excluding steroid dienone is 1. The van der Waals surface area contributed by atoms with Crippen LogP contribution in [-0.2, 0) is 6.18 Å². The van der Waals surface area contributed by atoms with Crippen LogP contribution in [-0.4, -0.2) is 19.7 Å². The number of nitrogens with one attached hydrogen (secondary N) is 1. The Morgan fingerprint density at radius 3 is 2.31 bits per heavy atom. The van der Waals surface area contributed by atoms with Gasteiger partial charge in [-0.15, -0.1) is 16.4 Å². The van der Waals surface area contributed by atoms with Crippen molar-refractivity contribution in [3.63, 3.8) is 0 Å². The fraction of sp³-hybridized carbons (Fsp3) is 0.0800. The largest absolute Gasteiger partial charge is 0.453 e. The fourth-order valence-corrected chi connectivity index (χ4v) is 5.27. The molecule has 5 aromatic rings. The molecule has 1 aliphatic rings. The van der Waals surface area contributed by atoms with E-state index in [-0.39, 0.29) is 5.95 Å². The van der Waals surface area contributed by atoms with Crippen LogP contribution >= 0.6 is 22.9 Å². The van der Waals surface area contributed by atoms with Crippen LogP contribution in [0.3, 0.4) is 0 Å². The van der Waals surface area contributed by atoms with Gasteiger partial charge in [-0.05, 0) is 35.4 Å². The third-order valence-corrected chi connectivity index (χ3v) is 6.99. The monoisotopic (exact) mass is 509 g/mol. The smallest absolute Gasteiger partial charge is 0.321 e. The van der Waals surface area contributed by atoms with Crippen molar-refractivity contribution in [3.8, 4) is 0 Å². The zero-order valence-electron chi connectivity index (χ0n) is 17.8. The zero-order valence-corrected chi connectivity index (χ0v) is 19.4. The molecular formula is C25H15ClF3N5S. The van der Waals surface area contributed by atoms with E-state index in [0.717, 1.165) is 21.4 Å². The van der Waals surface area contributed by atoms with Gasteiger partial charge in [-0.3, -0.25) is 0 Å². The van der Waals surface area contributed by atoms with Crippen LogP contribution in [0.15, 0.2) is 78.9 Å². The first-order valence-electron chi connectivity index (χ1n) is 10.6. The first-order valence-corrected chi connectivity index (χ1v) is 11.8. The van der Waals surface area contributed by atoms with Gasteiger partial charge in [0.15, 0.2) is 0 Å². The highest BCUT2D eigenvalue weighted by Gasteiger charge is 2.41. The molecule has 6 rings (SSSR count). The quantitative estimate of drug-likeness (QED) is 0.281. The zero-order chi connectivity index (χ0) is 24.2. The second-order valence-corrected chi connectivity index (χ2v) is 9.39. The Bertz CT molecular complexity index is 1540. The topological polar surface area (TPSA) is 55.6 Å². The van der Waals surface area contributed by atoms with E-state index in [1.807, 2.05) is 54.6 Å². The SMILES string of the molecule is FC(F)(F)c1nc2n(n1)[C@@H](c1ccc(Cl)cc1)C(c1ccccc1)=C(c1nc3ccccc3s1)N2. The summed E-state index contributed by atoms with van der Waals surface area (Å²) in [6, 6.07) is 23.5. The molecule has 1 aliphatic heterocycles. The summed E-state index contributed by atoms with van der Waals surface area (Å²) in [6.07, 6.45) is -4.69. The standard InChI is InChI=1S/C25H15ClF3N5S/c26-16-12-10-15(11-13-16)21-19(14-6-2-1-3-7-14)20(22-30-17-8-4-5-9-18(17)35-22)31-24-32-23(25(27,28)29)33-34(21)24/h1-13,21H,(H,31,32,33)/t21-/m0/s1. The van der Waals surface area contributed by atoms with Crippen molar-refractivity contribution in [1.29, 1.82) is 0 Å². The summed E-state index contributed by atoms with van der Waals surface area (Å²) in [5.74, 6) is -1.22. The Labute approximate surface area is 206 Å². The maximum absolute atomic E-state index is 13.6. The van der Waals surface area contributed by atoms with Gasteiger partial charge in [0.1, 0.15) is 11.0 Å². The molecule has 0 radical (unpaired) electrons. The third-order valence-electron chi connectivity index (χ3n) is 5.69. The molecule has 3 heterocycles. The van der Waals surface area contributed by atoms with Gasteiger partial charge in [0.25, 0.3) is 5.82 Å². The van der Waals surface area contributed by atoms with E-state index in [2.05, 4.69) is 15.4 Å². The Morgan fingerprint density at radius 1 is 0.886 bits per heavy atom. The van der Waals surface area contributed by atoms with E-state index in [0.29, 0.717) is 21.3 Å². The first-order chi connectivity index (χ1) is 16.9. The van der Waals surface area contributed by atoms with E-state index in [1.54, 1.807) is 24.3 Å². The molecule has 0 amide bonds. The second-order valence-electron chi connectivity index (χ2n) is 7.92. The van der Waals surface area contributed by atoms with Crippen molar-refractivity contribution in [2.45, 2.75) is 12.2 Å². The average molecular weight is 510 g/mol. The molecule has 1 N–H and O–H groups in total. The lowest BCUT2D eigenvalue weighted by Crippen LogP contribution is -2.24. The normalized spacial score (nSPS) is 15.8. The highest BCUT2D eigenvalue weighted by Crippen LogP contribution is 2.46. The van der Waals surface area contributed by atoms with Gasteiger partial charge >= 0.3 is 6.18 Å². The molecule has 1 atom stereocenters. The molecule has 0 bridgehead atoms. The van der Waals surface area contributed by atoms with Crippen LogP contribution in [0, 0.1) is 0 Å². The van der Waals surface area contributed by atoms with Gasteiger partial charge < -0.3 is 5.32 Å². The van der Waals surface area contributed by atoms with Crippen molar-refractivity contribution in [3.05, 3.63) is 106 Å². The number of fused-ring (bicyclic) bond motifs is 2. The molecule has 0 unspecified atom stereocenters. The van der Waals surface area contributed by atoms with Crippen LogP contribution in [0.4, 0.5) is 19.1 Å². The lowest BCUT2D eigenvalue weighted by atomic mass is 9.90. The van der Waals surface area contributed by atoms with Gasteiger partial charge in [-0.25, -0.2) is 9.67 Å². The van der Waals surface area contributed by atoms with Crippen LogP contribution in [0.5, 0.6) is 0 Å². The molecule has 0 saturated heterocycles. The maximum Gasteiger partial charge on any atom is 0.453 e. The first kappa shape index (κ1) is 21.8. The molecule has 0 fully saturated rings. The lowest BCUT2D eigenvalue weighted by Gasteiger charge is -2.30. The average Bonchev–Trinajstić information content (AvgIpc) is 3.48. The number of anilines is 1. The van der Waals surface area contributed by atoms with E-state index in [4.69, 9.17) is 16.6 Å². The van der Waals surface area contributed by atoms with Gasteiger partial charge in [-0.1, -0.05) is 66.2 Å². The summed E-state index contributed by atoms with van der Waals surface area (Å²) in [5.41, 5.74) is 3.67. The summed E-state index contributed by atoms with van der Waals surface area (Å²) in [7, 11) is 0. The van der Waals surface area contributed by atoms with Gasteiger partial charge in [-0.2, -0.15) is 18.2 Å². The minimum absolute atomic E-state index is 0.00814. The minimum atomic E-state index is -4.69. The minimum Gasteiger partial charge on any atom is -0.321 e. The molecule has 0 aliphatic carbocycles. The Balaban J connectivity index is 1.66. The van der Waals surface area contributed by atoms with Crippen LogP contribution < -0.4 is 5.32 Å². The molecule has 2 aromatic heterocycles. The van der Waals surface area contributed by atoms with Gasteiger partial charge in [0, 0.05) is 10.6 Å². The number of hydrogen-bond donors (Lipinski definition) is 1. The van der Waals surface area contributed by atoms with Gasteiger partial charge in [0.2, 0.25) is 5.95 Å². The van der Waals surface area contributed by atoms with E-state index >= 15 is 0 Å². The number of rotatable bonds is 3. The van der Waals surface area contributed by atoms with Crippen LogP contribution in [0.1, 0.15) is 28.0 Å². The number of halogens is 4. The summed E-state index contributed by atoms with van der Waals surface area (Å²) >= 11 is 7.58. The summed E-state index contributed by atoms with van der Waals surface area (Å²) in [6.45, 7) is 0. The number of aromatic nitrogens is 4. The Hall–Kier alpha value is -3.69. The van der Waals surface area contributed by atoms with E-state index in [9.17, 15) is 13.2 Å². The maximum atomic E-state index is 13.6. The highest BCUT2D eigenvalue weighted by molar-refractivity contribution is 7.19. The van der Waals surface area contributed by atoms with Crippen molar-refractivity contribution >= 4 is 50.4 Å². The molecular weight excluding hydrogens is 495 g/mol. The molecule has 10 heteroatoms. The number of benzene rings is 3. The molecule has 35 heavy (non-hydrogen) atoms. The number of thiazole rings is 1. The predicted octanol–water partition coefficient (Wildman–Crippen LogP) is 7.14. The summed E-state index contributed by atoms with van der Waals surface area (Å²) < 4.78 is 43.1.